The first-order valence-corrected chi connectivity index (χ1v) is 8.23. The molecule has 1 aromatic rings. The van der Waals surface area contributed by atoms with Gasteiger partial charge in [-0.1, -0.05) is 38.3 Å². The van der Waals surface area contributed by atoms with Crippen molar-refractivity contribution < 1.29 is 4.79 Å². The molecule has 1 amide bonds. The largest absolute Gasteiger partial charge is 0.399 e. The average molecular weight is 288 g/mol. The van der Waals surface area contributed by atoms with Crippen molar-refractivity contribution in [3.05, 3.63) is 29.8 Å². The molecule has 1 saturated carbocycles. The van der Waals surface area contributed by atoms with E-state index in [1.165, 1.54) is 32.1 Å². The second kappa shape index (κ2) is 7.48. The van der Waals surface area contributed by atoms with E-state index in [0.29, 0.717) is 11.6 Å². The van der Waals surface area contributed by atoms with Crippen LogP contribution in [0, 0.1) is 11.8 Å². The molecule has 1 fully saturated rings. The number of amides is 1. The first-order valence-electron chi connectivity index (χ1n) is 8.23. The standard InChI is InChI=1S/C18H28N2O/c1-3-14-7-9-15(10-8-14)12-20-18(21)13(2)16-5-4-6-17(19)11-16/h4-6,11,13-15H,3,7-10,12,19H2,1-2H3,(H,20,21). The van der Waals surface area contributed by atoms with Crippen LogP contribution in [0.4, 0.5) is 5.69 Å². The van der Waals surface area contributed by atoms with Gasteiger partial charge < -0.3 is 11.1 Å². The fourth-order valence-corrected chi connectivity index (χ4v) is 3.22. The van der Waals surface area contributed by atoms with Crippen molar-refractivity contribution in [2.24, 2.45) is 11.8 Å². The second-order valence-corrected chi connectivity index (χ2v) is 6.43. The van der Waals surface area contributed by atoms with Crippen molar-refractivity contribution in [2.75, 3.05) is 12.3 Å². The summed E-state index contributed by atoms with van der Waals surface area (Å²) in [7, 11) is 0. The highest BCUT2D eigenvalue weighted by Crippen LogP contribution is 2.30. The summed E-state index contributed by atoms with van der Waals surface area (Å²) in [5.74, 6) is 1.53. The van der Waals surface area contributed by atoms with E-state index in [2.05, 4.69) is 12.2 Å². The van der Waals surface area contributed by atoms with Gasteiger partial charge >= 0.3 is 0 Å². The summed E-state index contributed by atoms with van der Waals surface area (Å²) in [6.07, 6.45) is 6.45. The van der Waals surface area contributed by atoms with Crippen molar-refractivity contribution in [1.29, 1.82) is 0 Å². The highest BCUT2D eigenvalue weighted by atomic mass is 16.1. The van der Waals surface area contributed by atoms with Gasteiger partial charge in [-0.15, -0.1) is 0 Å². The summed E-state index contributed by atoms with van der Waals surface area (Å²) in [6, 6.07) is 7.60. The van der Waals surface area contributed by atoms with Gasteiger partial charge in [0.05, 0.1) is 5.92 Å². The molecule has 0 aliphatic heterocycles. The predicted octanol–water partition coefficient (Wildman–Crippen LogP) is 3.70. The van der Waals surface area contributed by atoms with Gasteiger partial charge in [0.2, 0.25) is 5.91 Å². The lowest BCUT2D eigenvalue weighted by Gasteiger charge is -2.28. The van der Waals surface area contributed by atoms with Gasteiger partial charge in [0, 0.05) is 12.2 Å². The summed E-state index contributed by atoms with van der Waals surface area (Å²) in [5.41, 5.74) is 7.48. The van der Waals surface area contributed by atoms with Gasteiger partial charge in [-0.25, -0.2) is 0 Å². The summed E-state index contributed by atoms with van der Waals surface area (Å²) >= 11 is 0. The number of benzene rings is 1. The fourth-order valence-electron chi connectivity index (χ4n) is 3.22. The van der Waals surface area contributed by atoms with Crippen LogP contribution in [0.2, 0.25) is 0 Å². The molecular formula is C18H28N2O. The number of nitrogens with two attached hydrogens (primary N) is 1. The molecule has 0 spiro atoms. The molecule has 3 nitrogen and oxygen atoms in total. The maximum absolute atomic E-state index is 12.3. The van der Waals surface area contributed by atoms with Crippen molar-refractivity contribution in [1.82, 2.24) is 5.32 Å². The highest BCUT2D eigenvalue weighted by molar-refractivity contribution is 5.83. The molecule has 1 unspecified atom stereocenters. The van der Waals surface area contributed by atoms with Crippen molar-refractivity contribution in [2.45, 2.75) is 51.9 Å². The Hall–Kier alpha value is -1.51. The quantitative estimate of drug-likeness (QED) is 0.812. The topological polar surface area (TPSA) is 55.1 Å². The van der Waals surface area contributed by atoms with Crippen molar-refractivity contribution in [3.8, 4) is 0 Å². The summed E-state index contributed by atoms with van der Waals surface area (Å²) < 4.78 is 0. The Bertz CT molecular complexity index is 464. The van der Waals surface area contributed by atoms with E-state index in [9.17, 15) is 4.79 Å². The maximum Gasteiger partial charge on any atom is 0.227 e. The molecule has 0 heterocycles. The van der Waals surface area contributed by atoms with E-state index in [1.807, 2.05) is 31.2 Å². The van der Waals surface area contributed by atoms with E-state index in [4.69, 9.17) is 5.73 Å². The molecule has 0 radical (unpaired) electrons. The molecule has 21 heavy (non-hydrogen) atoms. The van der Waals surface area contributed by atoms with Crippen LogP contribution in [-0.2, 0) is 4.79 Å². The SMILES string of the molecule is CCC1CCC(CNC(=O)C(C)c2cccc(N)c2)CC1. The fraction of sp³-hybridized carbons (Fsp3) is 0.611. The first kappa shape index (κ1) is 15.9. The number of anilines is 1. The number of rotatable bonds is 5. The first-order chi connectivity index (χ1) is 10.1. The Kier molecular flexibility index (Phi) is 5.66. The van der Waals surface area contributed by atoms with E-state index >= 15 is 0 Å². The molecule has 0 bridgehead atoms. The van der Waals surface area contributed by atoms with E-state index in [0.717, 1.165) is 18.0 Å². The molecule has 3 heteroatoms. The zero-order valence-corrected chi connectivity index (χ0v) is 13.3. The van der Waals surface area contributed by atoms with Gasteiger partial charge in [-0.05, 0) is 49.3 Å². The molecule has 3 N–H and O–H groups in total. The number of hydrogen-bond acceptors (Lipinski definition) is 2. The van der Waals surface area contributed by atoms with Crippen molar-refractivity contribution >= 4 is 11.6 Å². The minimum Gasteiger partial charge on any atom is -0.399 e. The Morgan fingerprint density at radius 3 is 2.57 bits per heavy atom. The highest BCUT2D eigenvalue weighted by Gasteiger charge is 2.21. The third kappa shape index (κ3) is 4.48. The van der Waals surface area contributed by atoms with Gasteiger partial charge in [0.15, 0.2) is 0 Å². The number of carbonyl (C=O) groups excluding carboxylic acids is 1. The lowest BCUT2D eigenvalue weighted by Crippen LogP contribution is -2.33. The summed E-state index contributed by atoms with van der Waals surface area (Å²) in [6.45, 7) is 5.04. The van der Waals surface area contributed by atoms with E-state index in [1.54, 1.807) is 0 Å². The monoisotopic (exact) mass is 288 g/mol. The normalized spacial score (nSPS) is 23.5. The number of nitrogen functional groups attached to an aromatic ring is 1. The van der Waals surface area contributed by atoms with Crippen LogP contribution in [0.3, 0.4) is 0 Å². The maximum atomic E-state index is 12.3. The molecule has 116 valence electrons. The molecule has 1 aliphatic carbocycles. The molecule has 1 aliphatic rings. The van der Waals surface area contributed by atoms with Gasteiger partial charge in [-0.3, -0.25) is 4.79 Å². The van der Waals surface area contributed by atoms with E-state index in [-0.39, 0.29) is 11.8 Å². The van der Waals surface area contributed by atoms with Crippen LogP contribution in [0.15, 0.2) is 24.3 Å². The van der Waals surface area contributed by atoms with Gasteiger partial charge in [0.1, 0.15) is 0 Å². The molecule has 1 aromatic carbocycles. The Labute approximate surface area is 128 Å². The van der Waals surface area contributed by atoms with Crippen LogP contribution in [0.1, 0.15) is 57.4 Å². The van der Waals surface area contributed by atoms with Crippen LogP contribution >= 0.6 is 0 Å². The Balaban J connectivity index is 1.79. The van der Waals surface area contributed by atoms with Crippen LogP contribution in [0.5, 0.6) is 0 Å². The zero-order valence-electron chi connectivity index (χ0n) is 13.3. The number of hydrogen-bond donors (Lipinski definition) is 2. The third-order valence-electron chi connectivity index (χ3n) is 4.91. The Morgan fingerprint density at radius 1 is 1.29 bits per heavy atom. The smallest absolute Gasteiger partial charge is 0.227 e. The van der Waals surface area contributed by atoms with Crippen LogP contribution < -0.4 is 11.1 Å². The minimum absolute atomic E-state index is 0.109. The lowest BCUT2D eigenvalue weighted by atomic mass is 9.81. The number of nitrogens with one attached hydrogen (secondary N) is 1. The zero-order chi connectivity index (χ0) is 15.2. The molecule has 2 rings (SSSR count). The van der Waals surface area contributed by atoms with Gasteiger partial charge in [0.25, 0.3) is 0 Å². The number of carbonyl (C=O) groups is 1. The van der Waals surface area contributed by atoms with Crippen LogP contribution in [0.25, 0.3) is 0 Å². The summed E-state index contributed by atoms with van der Waals surface area (Å²) in [5, 5.41) is 3.12. The Morgan fingerprint density at radius 2 is 1.95 bits per heavy atom. The predicted molar refractivity (Wildman–Crippen MR) is 88.0 cm³/mol. The average Bonchev–Trinajstić information content (AvgIpc) is 2.52. The van der Waals surface area contributed by atoms with Gasteiger partial charge in [-0.2, -0.15) is 0 Å². The molecular weight excluding hydrogens is 260 g/mol. The second-order valence-electron chi connectivity index (χ2n) is 6.43. The lowest BCUT2D eigenvalue weighted by molar-refractivity contribution is -0.122. The third-order valence-corrected chi connectivity index (χ3v) is 4.91. The van der Waals surface area contributed by atoms with Crippen molar-refractivity contribution in [3.63, 3.8) is 0 Å². The van der Waals surface area contributed by atoms with E-state index < -0.39 is 0 Å². The molecule has 0 aromatic heterocycles. The molecule has 0 saturated heterocycles. The summed E-state index contributed by atoms with van der Waals surface area (Å²) in [4.78, 5) is 12.3. The minimum atomic E-state index is -0.138. The van der Waals surface area contributed by atoms with Crippen LogP contribution in [-0.4, -0.2) is 12.5 Å². The molecule has 1 atom stereocenters.